The highest BCUT2D eigenvalue weighted by molar-refractivity contribution is 9.10. The van der Waals surface area contributed by atoms with Gasteiger partial charge in [-0.25, -0.2) is 0 Å². The molecule has 0 spiro atoms. The predicted octanol–water partition coefficient (Wildman–Crippen LogP) is 4.66. The second-order valence-corrected chi connectivity index (χ2v) is 7.87. The van der Waals surface area contributed by atoms with E-state index in [0.29, 0.717) is 5.41 Å². The lowest BCUT2D eigenvalue weighted by Gasteiger charge is -2.38. The second-order valence-electron chi connectivity index (χ2n) is 6.95. The van der Waals surface area contributed by atoms with E-state index in [1.807, 2.05) is 30.0 Å². The van der Waals surface area contributed by atoms with Crippen LogP contribution < -0.4 is 0 Å². The van der Waals surface area contributed by atoms with Crippen LogP contribution in [-0.4, -0.2) is 23.9 Å². The van der Waals surface area contributed by atoms with Gasteiger partial charge in [0.15, 0.2) is 0 Å². The number of carbonyl (C=O) groups excluding carboxylic acids is 1. The molecule has 0 saturated carbocycles. The average molecular weight is 338 g/mol. The van der Waals surface area contributed by atoms with Crippen molar-refractivity contribution in [2.45, 2.75) is 40.5 Å². The van der Waals surface area contributed by atoms with Gasteiger partial charge in [0, 0.05) is 23.1 Å². The van der Waals surface area contributed by atoms with Crippen molar-refractivity contribution in [1.82, 2.24) is 4.90 Å². The molecule has 0 aliphatic carbocycles. The van der Waals surface area contributed by atoms with Gasteiger partial charge in [-0.05, 0) is 54.9 Å². The quantitative estimate of drug-likeness (QED) is 0.729. The molecule has 1 aromatic carbocycles. The zero-order valence-electron chi connectivity index (χ0n) is 12.9. The molecule has 0 bridgehead atoms. The lowest BCUT2D eigenvalue weighted by atomic mass is 9.75. The first-order valence-corrected chi connectivity index (χ1v) is 8.13. The standard InChI is InChI=1S/C17H24BrNO/c1-12-9-13(11-15(18)10-12)16(20)19-7-5-14(6-8-19)17(2,3)4/h9-11,14H,5-8H2,1-4H3. The number of benzene rings is 1. The molecule has 1 heterocycles. The molecule has 0 N–H and O–H groups in total. The number of carbonyl (C=O) groups is 1. The summed E-state index contributed by atoms with van der Waals surface area (Å²) in [5.41, 5.74) is 2.26. The van der Waals surface area contributed by atoms with Crippen molar-refractivity contribution in [1.29, 1.82) is 0 Å². The fraction of sp³-hybridized carbons (Fsp3) is 0.588. The summed E-state index contributed by atoms with van der Waals surface area (Å²) in [5.74, 6) is 0.887. The van der Waals surface area contributed by atoms with Gasteiger partial charge in [-0.2, -0.15) is 0 Å². The van der Waals surface area contributed by atoms with E-state index >= 15 is 0 Å². The molecule has 0 atom stereocenters. The van der Waals surface area contributed by atoms with Crippen LogP contribution in [0.15, 0.2) is 22.7 Å². The molecule has 2 nitrogen and oxygen atoms in total. The minimum absolute atomic E-state index is 0.168. The van der Waals surface area contributed by atoms with Gasteiger partial charge < -0.3 is 4.90 Å². The second kappa shape index (κ2) is 5.88. The largest absolute Gasteiger partial charge is 0.339 e. The first-order chi connectivity index (χ1) is 9.27. The van der Waals surface area contributed by atoms with Crippen LogP contribution in [0.2, 0.25) is 0 Å². The number of piperidine rings is 1. The van der Waals surface area contributed by atoms with Crippen molar-refractivity contribution in [3.05, 3.63) is 33.8 Å². The zero-order valence-corrected chi connectivity index (χ0v) is 14.5. The number of halogens is 1. The lowest BCUT2D eigenvalue weighted by Crippen LogP contribution is -2.41. The lowest BCUT2D eigenvalue weighted by molar-refractivity contribution is 0.0608. The summed E-state index contributed by atoms with van der Waals surface area (Å²) in [7, 11) is 0. The molecular weight excluding hydrogens is 314 g/mol. The number of rotatable bonds is 1. The van der Waals surface area contributed by atoms with Gasteiger partial charge in [-0.15, -0.1) is 0 Å². The summed E-state index contributed by atoms with van der Waals surface area (Å²) >= 11 is 3.47. The number of amides is 1. The fourth-order valence-corrected chi connectivity index (χ4v) is 3.60. The molecule has 1 aromatic rings. The Morgan fingerprint density at radius 1 is 1.20 bits per heavy atom. The van der Waals surface area contributed by atoms with E-state index in [9.17, 15) is 4.79 Å². The number of hydrogen-bond donors (Lipinski definition) is 0. The Labute approximate surface area is 130 Å². The van der Waals surface area contributed by atoms with Crippen molar-refractivity contribution >= 4 is 21.8 Å². The molecule has 1 fully saturated rings. The fourth-order valence-electron chi connectivity index (χ4n) is 2.99. The summed E-state index contributed by atoms with van der Waals surface area (Å²) in [5, 5.41) is 0. The van der Waals surface area contributed by atoms with Gasteiger partial charge in [-0.3, -0.25) is 4.79 Å². The minimum Gasteiger partial charge on any atom is -0.339 e. The Bertz CT molecular complexity index is 476. The van der Waals surface area contributed by atoms with Gasteiger partial charge in [0.2, 0.25) is 0 Å². The first-order valence-electron chi connectivity index (χ1n) is 7.34. The molecule has 0 radical (unpaired) electrons. The van der Waals surface area contributed by atoms with Crippen molar-refractivity contribution in [3.8, 4) is 0 Å². The van der Waals surface area contributed by atoms with E-state index in [1.165, 1.54) is 0 Å². The SMILES string of the molecule is Cc1cc(Br)cc(C(=O)N2CCC(C(C)(C)C)CC2)c1. The van der Waals surface area contributed by atoms with Crippen LogP contribution in [0.5, 0.6) is 0 Å². The monoisotopic (exact) mass is 337 g/mol. The summed E-state index contributed by atoms with van der Waals surface area (Å²) in [6.07, 6.45) is 2.23. The van der Waals surface area contributed by atoms with Crippen LogP contribution in [0.4, 0.5) is 0 Å². The van der Waals surface area contributed by atoms with Crippen LogP contribution in [-0.2, 0) is 0 Å². The van der Waals surface area contributed by atoms with E-state index in [4.69, 9.17) is 0 Å². The van der Waals surface area contributed by atoms with Gasteiger partial charge in [0.25, 0.3) is 5.91 Å². The van der Waals surface area contributed by atoms with E-state index < -0.39 is 0 Å². The number of hydrogen-bond acceptors (Lipinski definition) is 1. The molecule has 20 heavy (non-hydrogen) atoms. The third-order valence-corrected chi connectivity index (χ3v) is 4.75. The van der Waals surface area contributed by atoms with E-state index in [2.05, 4.69) is 36.7 Å². The van der Waals surface area contributed by atoms with E-state index in [0.717, 1.165) is 47.4 Å². The van der Waals surface area contributed by atoms with Crippen molar-refractivity contribution in [2.24, 2.45) is 11.3 Å². The van der Waals surface area contributed by atoms with Gasteiger partial charge in [-0.1, -0.05) is 36.7 Å². The molecule has 1 amide bonds. The van der Waals surface area contributed by atoms with Crippen molar-refractivity contribution in [2.75, 3.05) is 13.1 Å². The first kappa shape index (κ1) is 15.6. The minimum atomic E-state index is 0.168. The zero-order chi connectivity index (χ0) is 14.9. The van der Waals surface area contributed by atoms with Crippen molar-refractivity contribution < 1.29 is 4.79 Å². The Hall–Kier alpha value is -0.830. The average Bonchev–Trinajstić information content (AvgIpc) is 2.36. The third kappa shape index (κ3) is 3.63. The van der Waals surface area contributed by atoms with Gasteiger partial charge in [0.1, 0.15) is 0 Å². The highest BCUT2D eigenvalue weighted by Gasteiger charge is 2.30. The van der Waals surface area contributed by atoms with E-state index in [-0.39, 0.29) is 5.91 Å². The molecule has 3 heteroatoms. The highest BCUT2D eigenvalue weighted by Crippen LogP contribution is 2.34. The number of likely N-dealkylation sites (tertiary alicyclic amines) is 1. The summed E-state index contributed by atoms with van der Waals surface area (Å²) in [4.78, 5) is 14.6. The van der Waals surface area contributed by atoms with Crippen molar-refractivity contribution in [3.63, 3.8) is 0 Å². The molecule has 0 unspecified atom stereocenters. The smallest absolute Gasteiger partial charge is 0.253 e. The summed E-state index contributed by atoms with van der Waals surface area (Å²) in [6.45, 7) is 10.7. The van der Waals surface area contributed by atoms with E-state index in [1.54, 1.807) is 0 Å². The molecule has 110 valence electrons. The predicted molar refractivity (Wildman–Crippen MR) is 87.0 cm³/mol. The molecule has 1 aliphatic rings. The normalized spacial score (nSPS) is 17.4. The van der Waals surface area contributed by atoms with Crippen LogP contribution >= 0.6 is 15.9 Å². The maximum atomic E-state index is 12.6. The van der Waals surface area contributed by atoms with Crippen LogP contribution in [0.25, 0.3) is 0 Å². The Balaban J connectivity index is 2.05. The Kier molecular flexibility index (Phi) is 4.58. The Morgan fingerprint density at radius 3 is 2.30 bits per heavy atom. The van der Waals surface area contributed by atoms with Gasteiger partial charge >= 0.3 is 0 Å². The maximum Gasteiger partial charge on any atom is 0.253 e. The summed E-state index contributed by atoms with van der Waals surface area (Å²) < 4.78 is 0.977. The van der Waals surface area contributed by atoms with Crippen LogP contribution in [0, 0.1) is 18.3 Å². The van der Waals surface area contributed by atoms with Crippen LogP contribution in [0.3, 0.4) is 0 Å². The molecule has 1 saturated heterocycles. The van der Waals surface area contributed by atoms with Gasteiger partial charge in [0.05, 0.1) is 0 Å². The topological polar surface area (TPSA) is 20.3 Å². The Morgan fingerprint density at radius 2 is 1.80 bits per heavy atom. The summed E-state index contributed by atoms with van der Waals surface area (Å²) in [6, 6.07) is 5.93. The number of aryl methyl sites for hydroxylation is 1. The van der Waals surface area contributed by atoms with Crippen LogP contribution in [0.1, 0.15) is 49.5 Å². The number of nitrogens with zero attached hydrogens (tertiary/aromatic N) is 1. The molecular formula is C17H24BrNO. The molecule has 2 rings (SSSR count). The maximum absolute atomic E-state index is 12.6. The highest BCUT2D eigenvalue weighted by atomic mass is 79.9. The molecule has 0 aromatic heterocycles. The third-order valence-electron chi connectivity index (χ3n) is 4.30. The molecule has 1 aliphatic heterocycles.